The molecule has 8 nitrogen and oxygen atoms in total. The summed E-state index contributed by atoms with van der Waals surface area (Å²) in [5.41, 5.74) is 0.957. The van der Waals surface area contributed by atoms with Crippen LogP contribution >= 0.6 is 0 Å². The van der Waals surface area contributed by atoms with E-state index in [0.717, 1.165) is 0 Å². The number of carbonyl (C=O) groups is 2. The van der Waals surface area contributed by atoms with Crippen molar-refractivity contribution in [1.29, 1.82) is 5.26 Å². The van der Waals surface area contributed by atoms with Gasteiger partial charge in [-0.1, -0.05) is 18.2 Å². The topological polar surface area (TPSA) is 107 Å². The number of dihydropyridines is 1. The van der Waals surface area contributed by atoms with Crippen LogP contribution in [-0.2, 0) is 18.9 Å². The molecule has 2 rings (SSSR count). The van der Waals surface area contributed by atoms with Gasteiger partial charge in [0.2, 0.25) is 0 Å². The van der Waals surface area contributed by atoms with Crippen LogP contribution in [0.5, 0.6) is 0 Å². The fourth-order valence-electron chi connectivity index (χ4n) is 2.82. The Balaban J connectivity index is 2.42. The number of nitrogens with one attached hydrogen (secondary N) is 1. The van der Waals surface area contributed by atoms with Crippen molar-refractivity contribution in [1.82, 2.24) is 5.32 Å². The van der Waals surface area contributed by atoms with Crippen molar-refractivity contribution in [3.05, 3.63) is 58.6 Å². The molecule has 1 atom stereocenters. The monoisotopic (exact) mass is 418 g/mol. The first-order valence-corrected chi connectivity index (χ1v) is 9.27. The molecule has 1 aliphatic heterocycles. The number of halogens is 1. The van der Waals surface area contributed by atoms with Crippen molar-refractivity contribution in [2.45, 2.75) is 46.1 Å². The first-order chi connectivity index (χ1) is 14.2. The third-order valence-electron chi connectivity index (χ3n) is 4.01. The van der Waals surface area contributed by atoms with Crippen LogP contribution in [-0.4, -0.2) is 25.0 Å². The fourth-order valence-corrected chi connectivity index (χ4v) is 2.82. The minimum absolute atomic E-state index is 0.00000425. The van der Waals surface area contributed by atoms with Crippen molar-refractivity contribution in [3.63, 3.8) is 0 Å². The van der Waals surface area contributed by atoms with E-state index in [-0.39, 0.29) is 30.1 Å². The Morgan fingerprint density at radius 3 is 2.30 bits per heavy atom. The molecule has 0 saturated heterocycles. The van der Waals surface area contributed by atoms with Crippen LogP contribution in [0.15, 0.2) is 47.2 Å². The van der Waals surface area contributed by atoms with E-state index in [1.165, 1.54) is 18.2 Å². The highest BCUT2D eigenvalue weighted by Gasteiger charge is 2.37. The van der Waals surface area contributed by atoms with E-state index in [0.29, 0.717) is 11.4 Å². The number of nitrogens with zero attached hydrogens (tertiary/aromatic N) is 1. The summed E-state index contributed by atoms with van der Waals surface area (Å²) in [7, 11) is 0. The summed E-state index contributed by atoms with van der Waals surface area (Å²) in [5, 5.41) is 11.5. The van der Waals surface area contributed by atoms with Crippen LogP contribution in [0.1, 0.15) is 45.6 Å². The highest BCUT2D eigenvalue weighted by atomic mass is 19.1. The number of ether oxygens (including phenoxy) is 4. The van der Waals surface area contributed by atoms with Gasteiger partial charge in [0.15, 0.2) is 0 Å². The first kappa shape index (κ1) is 22.7. The molecule has 1 unspecified atom stereocenters. The van der Waals surface area contributed by atoms with E-state index < -0.39 is 30.1 Å². The number of rotatable bonds is 6. The second kappa shape index (κ2) is 10.3. The van der Waals surface area contributed by atoms with Crippen molar-refractivity contribution in [2.75, 3.05) is 6.61 Å². The number of allylic oxidation sites excluding steroid dienone is 2. The Bertz CT molecular complexity index is 916. The number of benzene rings is 1. The number of hydrogen-bond donors (Lipinski definition) is 1. The van der Waals surface area contributed by atoms with E-state index in [1.54, 1.807) is 33.8 Å². The number of hydrogen-bond acceptors (Lipinski definition) is 8. The molecule has 1 aromatic rings. The molecular formula is C21H23FN2O6. The molecule has 0 saturated carbocycles. The minimum atomic E-state index is -1.06. The van der Waals surface area contributed by atoms with Gasteiger partial charge in [-0.3, -0.25) is 0 Å². The van der Waals surface area contributed by atoms with Gasteiger partial charge in [-0.25, -0.2) is 14.0 Å². The lowest BCUT2D eigenvalue weighted by atomic mass is 9.90. The molecule has 1 aliphatic rings. The lowest BCUT2D eigenvalue weighted by Crippen LogP contribution is -2.30. The molecule has 160 valence electrons. The van der Waals surface area contributed by atoms with Crippen LogP contribution in [0, 0.1) is 17.1 Å². The summed E-state index contributed by atoms with van der Waals surface area (Å²) in [4.78, 5) is 24.2. The van der Waals surface area contributed by atoms with Gasteiger partial charge in [0.25, 0.3) is 0 Å². The Hall–Kier alpha value is -3.54. The second-order valence-corrected chi connectivity index (χ2v) is 6.69. The third-order valence-corrected chi connectivity index (χ3v) is 4.01. The second-order valence-electron chi connectivity index (χ2n) is 6.69. The number of carbonyl (C=O) groups excluding carboxylic acids is 2. The predicted molar refractivity (Wildman–Crippen MR) is 103 cm³/mol. The fraction of sp³-hybridized carbons (Fsp3) is 0.381. The Morgan fingerprint density at radius 1 is 1.13 bits per heavy atom. The Morgan fingerprint density at radius 2 is 1.73 bits per heavy atom. The molecule has 0 fully saturated rings. The van der Waals surface area contributed by atoms with Crippen LogP contribution in [0.4, 0.5) is 14.0 Å². The van der Waals surface area contributed by atoms with Crippen molar-refractivity contribution in [3.8, 4) is 6.07 Å². The van der Waals surface area contributed by atoms with Gasteiger partial charge in [-0.2, -0.15) is 5.26 Å². The van der Waals surface area contributed by atoms with Crippen LogP contribution < -0.4 is 5.32 Å². The summed E-state index contributed by atoms with van der Waals surface area (Å²) >= 11 is 0. The van der Waals surface area contributed by atoms with Crippen molar-refractivity contribution in [2.24, 2.45) is 0 Å². The smallest absolute Gasteiger partial charge is 0.433 e. The summed E-state index contributed by atoms with van der Waals surface area (Å²) < 4.78 is 35.2. The minimum Gasteiger partial charge on any atom is -0.433 e. The largest absolute Gasteiger partial charge is 0.513 e. The van der Waals surface area contributed by atoms with E-state index in [1.807, 2.05) is 6.07 Å². The molecule has 1 N–H and O–H groups in total. The van der Waals surface area contributed by atoms with Gasteiger partial charge in [-0.15, -0.1) is 0 Å². The highest BCUT2D eigenvalue weighted by molar-refractivity contribution is 5.65. The average molecular weight is 418 g/mol. The Labute approximate surface area is 173 Å². The van der Waals surface area contributed by atoms with Crippen LogP contribution in [0.2, 0.25) is 0 Å². The zero-order chi connectivity index (χ0) is 22.3. The zero-order valence-electron chi connectivity index (χ0n) is 17.2. The lowest BCUT2D eigenvalue weighted by molar-refractivity contribution is 0.0455. The van der Waals surface area contributed by atoms with Crippen molar-refractivity contribution >= 4 is 12.3 Å². The van der Waals surface area contributed by atoms with Gasteiger partial charge in [0.1, 0.15) is 29.9 Å². The molecule has 9 heteroatoms. The normalized spacial score (nSPS) is 16.0. The molecule has 0 aromatic heterocycles. The molecule has 0 bridgehead atoms. The average Bonchev–Trinajstić information content (AvgIpc) is 2.66. The highest BCUT2D eigenvalue weighted by Crippen LogP contribution is 2.40. The summed E-state index contributed by atoms with van der Waals surface area (Å²) in [5.74, 6) is -1.60. The lowest BCUT2D eigenvalue weighted by Gasteiger charge is -2.30. The van der Waals surface area contributed by atoms with Gasteiger partial charge < -0.3 is 24.3 Å². The van der Waals surface area contributed by atoms with E-state index in [2.05, 4.69) is 5.32 Å². The van der Waals surface area contributed by atoms with Crippen molar-refractivity contribution < 1.29 is 32.9 Å². The van der Waals surface area contributed by atoms with Crippen LogP contribution in [0.3, 0.4) is 0 Å². The molecule has 0 spiro atoms. The molecule has 30 heavy (non-hydrogen) atoms. The van der Waals surface area contributed by atoms with Gasteiger partial charge in [-0.05, 0) is 33.8 Å². The van der Waals surface area contributed by atoms with Gasteiger partial charge in [0, 0.05) is 5.56 Å². The zero-order valence-corrected chi connectivity index (χ0v) is 17.2. The van der Waals surface area contributed by atoms with E-state index in [9.17, 15) is 14.0 Å². The maximum Gasteiger partial charge on any atom is 0.513 e. The summed E-state index contributed by atoms with van der Waals surface area (Å²) in [6.45, 7) is 6.42. The first-order valence-electron chi connectivity index (χ1n) is 9.27. The molecule has 1 aromatic carbocycles. The molecule has 1 heterocycles. The summed E-state index contributed by atoms with van der Waals surface area (Å²) in [6.07, 6.45) is -2.47. The Kier molecular flexibility index (Phi) is 7.81. The number of nitriles is 1. The third kappa shape index (κ3) is 5.73. The maximum atomic E-state index is 14.7. The van der Waals surface area contributed by atoms with Gasteiger partial charge >= 0.3 is 12.3 Å². The van der Waals surface area contributed by atoms with Crippen LogP contribution in [0.25, 0.3) is 0 Å². The molecule has 0 radical (unpaired) electrons. The predicted octanol–water partition coefficient (Wildman–Crippen LogP) is 4.60. The van der Waals surface area contributed by atoms with E-state index in [4.69, 9.17) is 24.2 Å². The molecule has 0 aliphatic carbocycles. The quantitative estimate of drug-likeness (QED) is 0.527. The SMILES string of the molecule is CC1=C(OC(=O)OCCC#N)C(c2ccccc2F)C(OC(=O)OC(C)C)=C(C)N1. The van der Waals surface area contributed by atoms with E-state index >= 15 is 0 Å². The molecular weight excluding hydrogens is 395 g/mol. The standard InChI is InChI=1S/C21H23FN2O6/c1-12(2)28-21(26)30-19-14(4)24-13(3)18(29-20(25)27-11-7-10-23)17(19)15-8-5-6-9-16(15)22/h5-6,8-9,12,17,24H,7,11H2,1-4H3. The summed E-state index contributed by atoms with van der Waals surface area (Å²) in [6, 6.07) is 7.70. The maximum absolute atomic E-state index is 14.7. The van der Waals surface area contributed by atoms with Gasteiger partial charge in [0.05, 0.1) is 30.0 Å². The molecule has 0 amide bonds.